The second-order valence-electron chi connectivity index (χ2n) is 4.51. The van der Waals surface area contributed by atoms with E-state index in [0.717, 1.165) is 18.4 Å². The molecule has 0 radical (unpaired) electrons. The molecule has 2 rings (SSSR count). The molecule has 100 valence electrons. The van der Waals surface area contributed by atoms with Crippen molar-refractivity contribution in [1.82, 2.24) is 0 Å². The number of benzene rings is 1. The van der Waals surface area contributed by atoms with Crippen LogP contribution < -0.4 is 0 Å². The molecule has 0 spiro atoms. The fraction of sp³-hybridized carbons (Fsp3) is 0.538. The van der Waals surface area contributed by atoms with E-state index in [4.69, 9.17) is 8.92 Å². The van der Waals surface area contributed by atoms with Gasteiger partial charge in [-0.25, -0.2) is 0 Å². The van der Waals surface area contributed by atoms with Crippen molar-refractivity contribution >= 4 is 10.1 Å². The average molecular weight is 270 g/mol. The van der Waals surface area contributed by atoms with Gasteiger partial charge in [-0.1, -0.05) is 17.7 Å². The van der Waals surface area contributed by atoms with Gasteiger partial charge in [-0.3, -0.25) is 4.18 Å². The summed E-state index contributed by atoms with van der Waals surface area (Å²) < 4.78 is 33.9. The van der Waals surface area contributed by atoms with Gasteiger partial charge in [0.2, 0.25) is 0 Å². The van der Waals surface area contributed by atoms with Crippen LogP contribution in [0.25, 0.3) is 0 Å². The number of ether oxygens (including phenoxy) is 1. The minimum Gasteiger partial charge on any atom is -0.378 e. The minimum atomic E-state index is -3.62. The molecule has 0 unspecified atom stereocenters. The van der Waals surface area contributed by atoms with Gasteiger partial charge in [0, 0.05) is 6.61 Å². The van der Waals surface area contributed by atoms with Gasteiger partial charge in [0.1, 0.15) is 0 Å². The van der Waals surface area contributed by atoms with Crippen molar-refractivity contribution in [2.24, 2.45) is 0 Å². The predicted molar refractivity (Wildman–Crippen MR) is 67.9 cm³/mol. The molecular formula is C13H18O4S. The van der Waals surface area contributed by atoms with Gasteiger partial charge in [-0.15, -0.1) is 0 Å². The minimum absolute atomic E-state index is 0.170. The SMILES string of the molecule is Cc1ccc(S(=O)(=O)OCCCOC2CC2)cc1. The summed E-state index contributed by atoms with van der Waals surface area (Å²) in [6.07, 6.45) is 3.26. The zero-order chi connectivity index (χ0) is 13.0. The first-order chi connectivity index (χ1) is 8.58. The van der Waals surface area contributed by atoms with Gasteiger partial charge in [0.15, 0.2) is 0 Å². The number of hydrogen-bond donors (Lipinski definition) is 0. The van der Waals surface area contributed by atoms with E-state index in [2.05, 4.69) is 0 Å². The Morgan fingerprint density at radius 2 is 1.83 bits per heavy atom. The fourth-order valence-electron chi connectivity index (χ4n) is 1.49. The maximum atomic E-state index is 11.8. The lowest BCUT2D eigenvalue weighted by molar-refractivity contribution is 0.107. The summed E-state index contributed by atoms with van der Waals surface area (Å²) in [5.41, 5.74) is 1.02. The first kappa shape index (κ1) is 13.5. The highest BCUT2D eigenvalue weighted by Gasteiger charge is 2.21. The van der Waals surface area contributed by atoms with Crippen LogP contribution in [0, 0.1) is 6.92 Å². The molecule has 0 bridgehead atoms. The molecule has 0 aliphatic heterocycles. The van der Waals surface area contributed by atoms with Crippen LogP contribution in [0.5, 0.6) is 0 Å². The summed E-state index contributed by atoms with van der Waals surface area (Å²) in [7, 11) is -3.62. The molecule has 0 atom stereocenters. The molecule has 1 fully saturated rings. The van der Waals surface area contributed by atoms with Gasteiger partial charge in [0.25, 0.3) is 10.1 Å². The Bertz CT molecular complexity index is 474. The van der Waals surface area contributed by atoms with Crippen LogP contribution >= 0.6 is 0 Å². The largest absolute Gasteiger partial charge is 0.378 e. The summed E-state index contributed by atoms with van der Waals surface area (Å²) in [5.74, 6) is 0. The highest BCUT2D eigenvalue weighted by atomic mass is 32.2. The van der Waals surface area contributed by atoms with Crippen LogP contribution in [0.4, 0.5) is 0 Å². The van der Waals surface area contributed by atoms with Gasteiger partial charge in [0.05, 0.1) is 17.6 Å². The van der Waals surface area contributed by atoms with E-state index in [9.17, 15) is 8.42 Å². The lowest BCUT2D eigenvalue weighted by Gasteiger charge is -2.06. The molecule has 0 saturated heterocycles. The van der Waals surface area contributed by atoms with E-state index in [0.29, 0.717) is 19.1 Å². The van der Waals surface area contributed by atoms with E-state index in [1.807, 2.05) is 6.92 Å². The van der Waals surface area contributed by atoms with Crippen molar-refractivity contribution in [2.45, 2.75) is 37.2 Å². The first-order valence-electron chi connectivity index (χ1n) is 6.16. The monoisotopic (exact) mass is 270 g/mol. The van der Waals surface area contributed by atoms with Gasteiger partial charge < -0.3 is 4.74 Å². The highest BCUT2D eigenvalue weighted by Crippen LogP contribution is 2.23. The van der Waals surface area contributed by atoms with Gasteiger partial charge in [-0.05, 0) is 38.3 Å². The van der Waals surface area contributed by atoms with Gasteiger partial charge >= 0.3 is 0 Å². The molecule has 1 aliphatic carbocycles. The highest BCUT2D eigenvalue weighted by molar-refractivity contribution is 7.86. The van der Waals surface area contributed by atoms with Crippen molar-refractivity contribution in [3.63, 3.8) is 0 Å². The summed E-state index contributed by atoms with van der Waals surface area (Å²) in [6, 6.07) is 6.63. The molecule has 18 heavy (non-hydrogen) atoms. The zero-order valence-corrected chi connectivity index (χ0v) is 11.3. The lowest BCUT2D eigenvalue weighted by Crippen LogP contribution is -2.09. The molecule has 0 aromatic heterocycles. The molecule has 1 saturated carbocycles. The Morgan fingerprint density at radius 3 is 2.44 bits per heavy atom. The Hall–Kier alpha value is -0.910. The van der Waals surface area contributed by atoms with Crippen LogP contribution in [0.15, 0.2) is 29.2 Å². The molecule has 5 heteroatoms. The molecular weight excluding hydrogens is 252 g/mol. The average Bonchev–Trinajstić information content (AvgIpc) is 3.13. The molecule has 1 aliphatic rings. The van der Waals surface area contributed by atoms with Crippen LogP contribution in [0.3, 0.4) is 0 Å². The van der Waals surface area contributed by atoms with Crippen molar-refractivity contribution < 1.29 is 17.3 Å². The Labute approximate surface area is 108 Å². The van der Waals surface area contributed by atoms with Crippen LogP contribution in [0.2, 0.25) is 0 Å². The molecule has 0 heterocycles. The third-order valence-electron chi connectivity index (χ3n) is 2.71. The first-order valence-corrected chi connectivity index (χ1v) is 7.56. The Balaban J connectivity index is 1.77. The van der Waals surface area contributed by atoms with Crippen LogP contribution in [-0.2, 0) is 19.0 Å². The maximum Gasteiger partial charge on any atom is 0.296 e. The quantitative estimate of drug-likeness (QED) is 0.563. The van der Waals surface area contributed by atoms with Crippen molar-refractivity contribution in [3.8, 4) is 0 Å². The number of aryl methyl sites for hydroxylation is 1. The summed E-state index contributed by atoms with van der Waals surface area (Å²) in [4.78, 5) is 0.205. The van der Waals surface area contributed by atoms with E-state index in [1.54, 1.807) is 24.3 Å². The topological polar surface area (TPSA) is 52.6 Å². The number of rotatable bonds is 7. The van der Waals surface area contributed by atoms with E-state index in [1.165, 1.54) is 0 Å². The smallest absolute Gasteiger partial charge is 0.296 e. The van der Waals surface area contributed by atoms with Gasteiger partial charge in [-0.2, -0.15) is 8.42 Å². The fourth-order valence-corrected chi connectivity index (χ4v) is 2.43. The Kier molecular flexibility index (Phi) is 4.37. The third kappa shape index (κ3) is 4.08. The van der Waals surface area contributed by atoms with Crippen LogP contribution in [0.1, 0.15) is 24.8 Å². The molecule has 4 nitrogen and oxygen atoms in total. The maximum absolute atomic E-state index is 11.8. The van der Waals surface area contributed by atoms with Crippen molar-refractivity contribution in [1.29, 1.82) is 0 Å². The van der Waals surface area contributed by atoms with E-state index in [-0.39, 0.29) is 11.5 Å². The van der Waals surface area contributed by atoms with E-state index < -0.39 is 10.1 Å². The van der Waals surface area contributed by atoms with Crippen LogP contribution in [-0.4, -0.2) is 27.7 Å². The molecule has 1 aromatic carbocycles. The van der Waals surface area contributed by atoms with E-state index >= 15 is 0 Å². The second-order valence-corrected chi connectivity index (χ2v) is 6.13. The summed E-state index contributed by atoms with van der Waals surface area (Å²) in [6.45, 7) is 2.64. The third-order valence-corrected chi connectivity index (χ3v) is 4.04. The lowest BCUT2D eigenvalue weighted by atomic mass is 10.2. The molecule has 0 amide bonds. The second kappa shape index (κ2) is 5.82. The summed E-state index contributed by atoms with van der Waals surface area (Å²) in [5, 5.41) is 0. The molecule has 1 aromatic rings. The van der Waals surface area contributed by atoms with Crippen molar-refractivity contribution in [2.75, 3.05) is 13.2 Å². The predicted octanol–water partition coefficient (Wildman–Crippen LogP) is 2.27. The molecule has 0 N–H and O–H groups in total. The number of hydrogen-bond acceptors (Lipinski definition) is 4. The zero-order valence-electron chi connectivity index (χ0n) is 10.5. The normalized spacial score (nSPS) is 15.8. The summed E-state index contributed by atoms with van der Waals surface area (Å²) >= 11 is 0. The van der Waals surface area contributed by atoms with Crippen molar-refractivity contribution in [3.05, 3.63) is 29.8 Å². The Morgan fingerprint density at radius 1 is 1.17 bits per heavy atom. The standard InChI is InChI=1S/C13H18O4S/c1-11-3-7-13(8-4-11)18(14,15)17-10-2-9-16-12-5-6-12/h3-4,7-8,12H,2,5-6,9-10H2,1H3.